The highest BCUT2D eigenvalue weighted by molar-refractivity contribution is 7.86. The van der Waals surface area contributed by atoms with E-state index in [1.54, 1.807) is 61.5 Å². The first kappa shape index (κ1) is 26.1. The number of aryl methyl sites for hydroxylation is 1. The summed E-state index contributed by atoms with van der Waals surface area (Å²) in [6.07, 6.45) is 0.363. The number of hydrogen-bond acceptors (Lipinski definition) is 7. The second-order valence-corrected chi connectivity index (χ2v) is 9.73. The number of para-hydroxylation sites is 2. The van der Waals surface area contributed by atoms with Crippen molar-refractivity contribution in [2.45, 2.75) is 18.2 Å². The number of ether oxygens (including phenoxy) is 1. The van der Waals surface area contributed by atoms with Gasteiger partial charge in [0.15, 0.2) is 5.75 Å². The van der Waals surface area contributed by atoms with Crippen LogP contribution in [0.5, 0.6) is 11.5 Å². The molecule has 11 heteroatoms. The van der Waals surface area contributed by atoms with Gasteiger partial charge >= 0.3 is 0 Å². The molecule has 0 heterocycles. The summed E-state index contributed by atoms with van der Waals surface area (Å²) < 4.78 is 37.9. The fraction of sp³-hybridized carbons (Fsp3) is 0.115. The molecule has 0 saturated heterocycles. The van der Waals surface area contributed by atoms with Crippen LogP contribution in [0.25, 0.3) is 10.8 Å². The molecule has 0 aliphatic heterocycles. The van der Waals surface area contributed by atoms with Crippen molar-refractivity contribution in [3.05, 3.63) is 82.9 Å². The fourth-order valence-electron chi connectivity index (χ4n) is 3.79. The molecule has 9 nitrogen and oxygen atoms in total. The average Bonchev–Trinajstić information content (AvgIpc) is 2.87. The number of rotatable bonds is 7. The number of phenolic OH excluding ortho intramolecular Hbond substituents is 1. The van der Waals surface area contributed by atoms with Crippen LogP contribution >= 0.6 is 11.6 Å². The Balaban J connectivity index is 1.81. The number of nitrogens with zero attached hydrogens (tertiary/aromatic N) is 2. The largest absolute Gasteiger partial charge is 0.505 e. The molecule has 0 saturated carbocycles. The van der Waals surface area contributed by atoms with Gasteiger partial charge in [0.25, 0.3) is 16.0 Å². The van der Waals surface area contributed by atoms with Gasteiger partial charge in [-0.05, 0) is 47.7 Å². The minimum Gasteiger partial charge on any atom is -0.505 e. The zero-order valence-corrected chi connectivity index (χ0v) is 21.3. The predicted molar refractivity (Wildman–Crippen MR) is 141 cm³/mol. The first-order valence-corrected chi connectivity index (χ1v) is 12.9. The second-order valence-electron chi connectivity index (χ2n) is 7.94. The number of carbonyl (C=O) groups excluding carboxylic acids is 1. The molecule has 0 radical (unpaired) electrons. The summed E-state index contributed by atoms with van der Waals surface area (Å²) in [5, 5.41) is 23.2. The normalized spacial score (nSPS) is 11.7. The number of halogens is 1. The Morgan fingerprint density at radius 1 is 1.05 bits per heavy atom. The van der Waals surface area contributed by atoms with Crippen LogP contribution in [-0.2, 0) is 16.5 Å². The van der Waals surface area contributed by atoms with Crippen LogP contribution in [0, 0.1) is 0 Å². The van der Waals surface area contributed by atoms with Crippen molar-refractivity contribution in [1.82, 2.24) is 0 Å². The van der Waals surface area contributed by atoms with E-state index in [2.05, 4.69) is 15.5 Å². The molecule has 4 rings (SSSR count). The van der Waals surface area contributed by atoms with Crippen molar-refractivity contribution in [3.8, 4) is 11.5 Å². The predicted octanol–water partition coefficient (Wildman–Crippen LogP) is 6.68. The van der Waals surface area contributed by atoms with Gasteiger partial charge in [-0.1, -0.05) is 54.9 Å². The van der Waals surface area contributed by atoms with Gasteiger partial charge < -0.3 is 15.2 Å². The summed E-state index contributed by atoms with van der Waals surface area (Å²) in [4.78, 5) is 12.7. The van der Waals surface area contributed by atoms with Gasteiger partial charge in [0, 0.05) is 5.39 Å². The van der Waals surface area contributed by atoms with Crippen molar-refractivity contribution in [1.29, 1.82) is 0 Å². The van der Waals surface area contributed by atoms with Gasteiger partial charge in [0.2, 0.25) is 0 Å². The van der Waals surface area contributed by atoms with E-state index in [0.717, 1.165) is 0 Å². The Labute approximate surface area is 218 Å². The van der Waals surface area contributed by atoms with E-state index in [1.165, 1.54) is 19.2 Å². The fourth-order valence-corrected chi connectivity index (χ4v) is 4.84. The lowest BCUT2D eigenvalue weighted by atomic mass is 10.0. The van der Waals surface area contributed by atoms with Gasteiger partial charge in [-0.3, -0.25) is 9.35 Å². The molecule has 4 aromatic carbocycles. The maximum atomic E-state index is 13.2. The summed E-state index contributed by atoms with van der Waals surface area (Å²) in [7, 11) is -3.05. The van der Waals surface area contributed by atoms with Crippen molar-refractivity contribution in [2.75, 3.05) is 12.4 Å². The molecule has 0 aliphatic carbocycles. The van der Waals surface area contributed by atoms with E-state index in [9.17, 15) is 22.9 Å². The number of carbonyl (C=O) groups is 1. The molecule has 4 aromatic rings. The standard InChI is InChI=1S/C26H22ClN3O6S/c1-3-15-13-23(37(33,34)35)19(27)14-21(15)29-30-24-17-9-5-4-8-16(17)12-18(25(24)31)26(32)28-20-10-6-7-11-22(20)36-2/h4-14,31H,3H2,1-2H3,(H,28,32)(H,33,34,35). The Bertz CT molecular complexity index is 1650. The number of phenols is 1. The van der Waals surface area contributed by atoms with Crippen molar-refractivity contribution in [2.24, 2.45) is 10.2 Å². The number of anilines is 1. The topological polar surface area (TPSA) is 138 Å². The van der Waals surface area contributed by atoms with Crippen molar-refractivity contribution in [3.63, 3.8) is 0 Å². The Hall–Kier alpha value is -3.99. The van der Waals surface area contributed by atoms with E-state index in [1.807, 2.05) is 0 Å². The lowest BCUT2D eigenvalue weighted by Crippen LogP contribution is -2.13. The molecule has 190 valence electrons. The van der Waals surface area contributed by atoms with E-state index in [-0.39, 0.29) is 22.0 Å². The number of nitrogens with one attached hydrogen (secondary N) is 1. The van der Waals surface area contributed by atoms with E-state index in [0.29, 0.717) is 34.2 Å². The molecule has 0 unspecified atom stereocenters. The second kappa shape index (κ2) is 10.6. The minimum absolute atomic E-state index is 0.0333. The molecule has 0 aromatic heterocycles. The van der Waals surface area contributed by atoms with Crippen LogP contribution in [0.15, 0.2) is 81.9 Å². The maximum absolute atomic E-state index is 13.2. The smallest absolute Gasteiger partial charge is 0.296 e. The third kappa shape index (κ3) is 5.41. The summed E-state index contributed by atoms with van der Waals surface area (Å²) in [6.45, 7) is 1.77. The van der Waals surface area contributed by atoms with Crippen molar-refractivity contribution < 1.29 is 27.6 Å². The molecule has 0 fully saturated rings. The quantitative estimate of drug-likeness (QED) is 0.177. The number of aromatic hydroxyl groups is 1. The van der Waals surface area contributed by atoms with Crippen molar-refractivity contribution >= 4 is 55.5 Å². The molecule has 3 N–H and O–H groups in total. The highest BCUT2D eigenvalue weighted by Crippen LogP contribution is 2.41. The van der Waals surface area contributed by atoms with Crippen LogP contribution in [0.1, 0.15) is 22.8 Å². The number of hydrogen-bond donors (Lipinski definition) is 3. The molecule has 1 amide bonds. The van der Waals surface area contributed by atoms with Gasteiger partial charge in [-0.25, -0.2) is 0 Å². The van der Waals surface area contributed by atoms with Crippen LogP contribution in [0.2, 0.25) is 5.02 Å². The SMILES string of the molecule is CCc1cc(S(=O)(=O)O)c(Cl)cc1N=Nc1c(O)c(C(=O)Nc2ccccc2OC)cc2ccccc12. The maximum Gasteiger partial charge on any atom is 0.296 e. The molecule has 0 bridgehead atoms. The van der Waals surface area contributed by atoms with E-state index >= 15 is 0 Å². The number of azo groups is 1. The molecule has 37 heavy (non-hydrogen) atoms. The van der Waals surface area contributed by atoms with Gasteiger partial charge in [-0.15, -0.1) is 5.11 Å². The summed E-state index contributed by atoms with van der Waals surface area (Å²) >= 11 is 6.07. The number of methoxy groups -OCH3 is 1. The molecule has 0 spiro atoms. The third-order valence-corrected chi connectivity index (χ3v) is 6.96. The molecule has 0 atom stereocenters. The summed E-state index contributed by atoms with van der Waals surface area (Å²) in [6, 6.07) is 17.9. The van der Waals surface area contributed by atoms with Gasteiger partial charge in [0.05, 0.1) is 29.1 Å². The average molecular weight is 540 g/mol. The van der Waals surface area contributed by atoms with E-state index in [4.69, 9.17) is 16.3 Å². The lowest BCUT2D eigenvalue weighted by molar-refractivity contribution is 0.102. The van der Waals surface area contributed by atoms with Gasteiger partial charge in [-0.2, -0.15) is 13.5 Å². The Kier molecular flexibility index (Phi) is 7.44. The monoisotopic (exact) mass is 539 g/mol. The van der Waals surface area contributed by atoms with E-state index < -0.39 is 26.7 Å². The number of fused-ring (bicyclic) bond motifs is 1. The number of benzene rings is 4. The molecular weight excluding hydrogens is 518 g/mol. The lowest BCUT2D eigenvalue weighted by Gasteiger charge is -2.13. The first-order valence-electron chi connectivity index (χ1n) is 11.0. The van der Waals surface area contributed by atoms with Crippen LogP contribution in [0.4, 0.5) is 17.1 Å². The molecule has 0 aliphatic rings. The summed E-state index contributed by atoms with van der Waals surface area (Å²) in [5.74, 6) is -0.527. The zero-order chi connectivity index (χ0) is 26.7. The Morgan fingerprint density at radius 3 is 2.46 bits per heavy atom. The Morgan fingerprint density at radius 2 is 1.76 bits per heavy atom. The third-order valence-electron chi connectivity index (χ3n) is 5.64. The molecular formula is C26H22ClN3O6S. The van der Waals surface area contributed by atoms with Crippen LogP contribution in [0.3, 0.4) is 0 Å². The van der Waals surface area contributed by atoms with Crippen LogP contribution < -0.4 is 10.1 Å². The van der Waals surface area contributed by atoms with Gasteiger partial charge in [0.1, 0.15) is 16.3 Å². The highest BCUT2D eigenvalue weighted by atomic mass is 35.5. The first-order chi connectivity index (χ1) is 17.6. The zero-order valence-electron chi connectivity index (χ0n) is 19.8. The minimum atomic E-state index is -4.53. The van der Waals surface area contributed by atoms with Crippen LogP contribution in [-0.4, -0.2) is 31.1 Å². The number of amides is 1. The summed E-state index contributed by atoms with van der Waals surface area (Å²) in [5.41, 5.74) is 1.13. The highest BCUT2D eigenvalue weighted by Gasteiger charge is 2.21.